The summed E-state index contributed by atoms with van der Waals surface area (Å²) in [6.07, 6.45) is 0. The van der Waals surface area contributed by atoms with Crippen LogP contribution in [-0.4, -0.2) is 9.54 Å². The number of thiazole rings is 1. The molecule has 0 aliphatic heterocycles. The van der Waals surface area contributed by atoms with E-state index in [1.807, 2.05) is 0 Å². The third kappa shape index (κ3) is 1.73. The van der Waals surface area contributed by atoms with E-state index in [2.05, 4.69) is 4.98 Å². The first-order valence-corrected chi connectivity index (χ1v) is 6.59. The highest BCUT2D eigenvalue weighted by Crippen LogP contribution is 2.26. The molecule has 0 saturated carbocycles. The second-order valence-electron chi connectivity index (χ2n) is 2.44. The summed E-state index contributed by atoms with van der Waals surface area (Å²) in [5.74, 6) is 0. The van der Waals surface area contributed by atoms with Crippen molar-refractivity contribution in [3.05, 3.63) is 23.7 Å². The quantitative estimate of drug-likeness (QED) is 0.610. The van der Waals surface area contributed by atoms with Crippen molar-refractivity contribution in [2.24, 2.45) is 0 Å². The van der Waals surface area contributed by atoms with Gasteiger partial charge in [0.2, 0.25) is 15.6 Å². The Balaban J connectivity index is 2.67. The van der Waals surface area contributed by atoms with Crippen LogP contribution >= 0.6 is 22.0 Å². The van der Waals surface area contributed by atoms with Crippen LogP contribution in [0.4, 0.5) is 0 Å². The van der Waals surface area contributed by atoms with Crippen LogP contribution in [0, 0.1) is 0 Å². The molecule has 0 amide bonds. The molecule has 1 aromatic carbocycles. The monoisotopic (exact) mass is 234 g/mol. The van der Waals surface area contributed by atoms with Gasteiger partial charge in [-0.2, -0.15) is 4.55 Å². The Kier molecular flexibility index (Phi) is 2.11. The summed E-state index contributed by atoms with van der Waals surface area (Å²) in [7, 11) is 1.92. The third-order valence-corrected chi connectivity index (χ3v) is 3.76. The maximum absolute atomic E-state index is 11.1. The van der Waals surface area contributed by atoms with E-state index < -0.39 is 9.43 Å². The van der Waals surface area contributed by atoms with Crippen LogP contribution in [0.3, 0.4) is 0 Å². The normalized spacial score (nSPS) is 15.8. The molecule has 0 aliphatic rings. The van der Waals surface area contributed by atoms with Gasteiger partial charge in [0.15, 0.2) is 0 Å². The molecule has 0 fully saturated rings. The van der Waals surface area contributed by atoms with E-state index in [1.165, 1.54) is 17.4 Å². The van der Waals surface area contributed by atoms with Gasteiger partial charge < -0.3 is 0 Å². The summed E-state index contributed by atoms with van der Waals surface area (Å²) in [6, 6.07) is 4.78. The number of hydrogen-bond donors (Lipinski definition) is 1. The van der Waals surface area contributed by atoms with Gasteiger partial charge in [-0.15, -0.1) is 11.3 Å². The van der Waals surface area contributed by atoms with Crippen molar-refractivity contribution in [3.8, 4) is 0 Å². The summed E-state index contributed by atoms with van der Waals surface area (Å²) in [5.41, 5.74) is 2.50. The molecule has 2 rings (SSSR count). The van der Waals surface area contributed by atoms with Crippen LogP contribution in [0.1, 0.15) is 0 Å². The molecule has 6 heteroatoms. The van der Waals surface area contributed by atoms with Crippen LogP contribution in [0.25, 0.3) is 10.2 Å². The van der Waals surface area contributed by atoms with Gasteiger partial charge in [0, 0.05) is 12.1 Å². The fraction of sp³-hybridized carbons (Fsp3) is 0. The molecule has 1 unspecified atom stereocenters. The molecule has 0 spiro atoms. The van der Waals surface area contributed by atoms with Crippen molar-refractivity contribution in [2.45, 2.75) is 4.90 Å². The Morgan fingerprint density at radius 3 is 3.00 bits per heavy atom. The Bertz CT molecular complexity index is 490. The number of nitrogens with zero attached hydrogens (tertiary/aromatic N) is 1. The number of halogens is 1. The first-order valence-electron chi connectivity index (χ1n) is 3.37. The summed E-state index contributed by atoms with van der Waals surface area (Å²) in [5, 5.41) is 0. The van der Waals surface area contributed by atoms with E-state index in [0.29, 0.717) is 0 Å². The lowest BCUT2D eigenvalue weighted by atomic mass is 10.3. The molecule has 68 valence electrons. The molecule has 0 bridgehead atoms. The maximum atomic E-state index is 11.1. The van der Waals surface area contributed by atoms with Crippen LogP contribution in [0.15, 0.2) is 28.6 Å². The van der Waals surface area contributed by atoms with Crippen molar-refractivity contribution in [1.29, 1.82) is 0 Å². The van der Waals surface area contributed by atoms with E-state index in [1.54, 1.807) is 17.6 Å². The molecule has 0 radical (unpaired) electrons. The molecule has 1 atom stereocenters. The first kappa shape index (κ1) is 9.08. The minimum atomic E-state index is -3.37. The van der Waals surface area contributed by atoms with Crippen molar-refractivity contribution in [1.82, 2.24) is 4.98 Å². The minimum Gasteiger partial charge on any atom is -0.245 e. The molecule has 2 aromatic rings. The van der Waals surface area contributed by atoms with Gasteiger partial charge in [-0.1, -0.05) is 0 Å². The summed E-state index contributed by atoms with van der Waals surface area (Å²) in [6.45, 7) is 0. The smallest absolute Gasteiger partial charge is 0.245 e. The summed E-state index contributed by atoms with van der Waals surface area (Å²) >= 11 is 1.41. The largest absolute Gasteiger partial charge is 0.348 e. The Morgan fingerprint density at radius 1 is 1.54 bits per heavy atom. The molecular formula is C7H5ClNO2S2+. The molecule has 13 heavy (non-hydrogen) atoms. The lowest BCUT2D eigenvalue weighted by Crippen LogP contribution is -1.98. The van der Waals surface area contributed by atoms with Crippen molar-refractivity contribution in [3.63, 3.8) is 0 Å². The highest BCUT2D eigenvalue weighted by Gasteiger charge is 2.26. The fourth-order valence-corrected chi connectivity index (χ4v) is 2.57. The zero-order chi connectivity index (χ0) is 9.47. The average molecular weight is 235 g/mol. The van der Waals surface area contributed by atoms with Crippen molar-refractivity contribution in [2.75, 3.05) is 0 Å². The molecule has 0 aliphatic carbocycles. The molecule has 1 N–H and O–H groups in total. The maximum Gasteiger partial charge on any atom is 0.348 e. The predicted octanol–water partition coefficient (Wildman–Crippen LogP) is 2.78. The number of rotatable bonds is 1. The first-order chi connectivity index (χ1) is 6.07. The van der Waals surface area contributed by atoms with Crippen molar-refractivity contribution < 1.29 is 8.76 Å². The zero-order valence-electron chi connectivity index (χ0n) is 6.31. The number of hydrogen-bond acceptors (Lipinski definition) is 3. The topological polar surface area (TPSA) is 50.2 Å². The Labute approximate surface area is 84.1 Å². The predicted molar refractivity (Wildman–Crippen MR) is 54.4 cm³/mol. The van der Waals surface area contributed by atoms with E-state index in [-0.39, 0.29) is 4.90 Å². The fourth-order valence-electron chi connectivity index (χ4n) is 0.992. The summed E-state index contributed by atoms with van der Waals surface area (Å²) < 4.78 is 21.0. The van der Waals surface area contributed by atoms with Crippen LogP contribution in [0.2, 0.25) is 0 Å². The Hall–Kier alpha value is -0.490. The van der Waals surface area contributed by atoms with E-state index in [0.717, 1.165) is 10.2 Å². The van der Waals surface area contributed by atoms with E-state index in [9.17, 15) is 4.21 Å². The molecule has 1 heterocycles. The minimum absolute atomic E-state index is 0.228. The van der Waals surface area contributed by atoms with Gasteiger partial charge in [0.25, 0.3) is 0 Å². The standard InChI is InChI=1S/C7H4ClNO2S2/c8-13(10,11)5-1-2-6-7(3-5)12-4-9-6/h1-4H/p+1. The lowest BCUT2D eigenvalue weighted by Gasteiger charge is -1.92. The van der Waals surface area contributed by atoms with Crippen LogP contribution < -0.4 is 0 Å². The van der Waals surface area contributed by atoms with Crippen molar-refractivity contribution >= 4 is 41.7 Å². The van der Waals surface area contributed by atoms with Crippen LogP contribution in [-0.2, 0) is 13.6 Å². The lowest BCUT2D eigenvalue weighted by molar-refractivity contribution is 0.513. The highest BCUT2D eigenvalue weighted by molar-refractivity contribution is 8.19. The zero-order valence-corrected chi connectivity index (χ0v) is 8.70. The molecule has 0 saturated heterocycles. The summed E-state index contributed by atoms with van der Waals surface area (Å²) in [4.78, 5) is 4.27. The Morgan fingerprint density at radius 2 is 2.31 bits per heavy atom. The van der Waals surface area contributed by atoms with Crippen LogP contribution in [0.5, 0.6) is 0 Å². The van der Waals surface area contributed by atoms with Gasteiger partial charge >= 0.3 is 9.43 Å². The SMILES string of the molecule is O=[S+](O)(Cl)c1ccc2ncsc2c1. The van der Waals surface area contributed by atoms with Gasteiger partial charge in [0.1, 0.15) is 0 Å². The average Bonchev–Trinajstić information content (AvgIpc) is 2.47. The molecular weight excluding hydrogens is 230 g/mol. The number of benzene rings is 1. The van der Waals surface area contributed by atoms with Gasteiger partial charge in [-0.25, -0.2) is 4.98 Å². The second kappa shape index (κ2) is 3.02. The van der Waals surface area contributed by atoms with Gasteiger partial charge in [0.05, 0.1) is 15.7 Å². The number of fused-ring (bicyclic) bond motifs is 1. The third-order valence-electron chi connectivity index (χ3n) is 1.59. The molecule has 3 nitrogen and oxygen atoms in total. The molecule has 1 aromatic heterocycles. The van der Waals surface area contributed by atoms with E-state index in [4.69, 9.17) is 15.2 Å². The van der Waals surface area contributed by atoms with Gasteiger partial charge in [-0.3, -0.25) is 0 Å². The second-order valence-corrected chi connectivity index (χ2v) is 5.97. The van der Waals surface area contributed by atoms with E-state index >= 15 is 0 Å². The number of aromatic nitrogens is 1. The van der Waals surface area contributed by atoms with Gasteiger partial charge in [-0.05, 0) is 10.3 Å². The highest BCUT2D eigenvalue weighted by atomic mass is 35.7.